The number of carbonyl (C=O) groups is 2. The largest absolute Gasteiger partial charge is 0.336 e. The Hall–Kier alpha value is -3.14. The third-order valence-corrected chi connectivity index (χ3v) is 5.20. The van der Waals surface area contributed by atoms with Crippen LogP contribution in [-0.4, -0.2) is 41.8 Å². The third kappa shape index (κ3) is 3.56. The number of nitrogens with zero attached hydrogens (tertiary/aromatic N) is 2. The van der Waals surface area contributed by atoms with Gasteiger partial charge in [0.25, 0.3) is 5.91 Å². The second-order valence-electron chi connectivity index (χ2n) is 7.06. The first-order chi connectivity index (χ1) is 13.1. The van der Waals surface area contributed by atoms with Crippen LogP contribution in [0.15, 0.2) is 66.7 Å². The summed E-state index contributed by atoms with van der Waals surface area (Å²) < 4.78 is 0. The van der Waals surface area contributed by atoms with Gasteiger partial charge in [-0.15, -0.1) is 0 Å². The number of rotatable bonds is 3. The molecule has 1 aliphatic rings. The van der Waals surface area contributed by atoms with Gasteiger partial charge in [-0.2, -0.15) is 0 Å². The monoisotopic (exact) mass is 358 g/mol. The van der Waals surface area contributed by atoms with E-state index in [1.807, 2.05) is 59.5 Å². The molecule has 0 bridgehead atoms. The molecule has 4 nitrogen and oxygen atoms in total. The highest BCUT2D eigenvalue weighted by molar-refractivity contribution is 5.99. The van der Waals surface area contributed by atoms with Crippen LogP contribution in [-0.2, 0) is 17.8 Å². The van der Waals surface area contributed by atoms with Crippen LogP contribution in [0, 0.1) is 0 Å². The van der Waals surface area contributed by atoms with Crippen molar-refractivity contribution in [2.24, 2.45) is 0 Å². The van der Waals surface area contributed by atoms with Gasteiger partial charge in [-0.3, -0.25) is 9.59 Å². The van der Waals surface area contributed by atoms with Crippen LogP contribution in [0.2, 0.25) is 0 Å². The fourth-order valence-corrected chi connectivity index (χ4v) is 3.63. The maximum absolute atomic E-state index is 12.8. The van der Waals surface area contributed by atoms with Gasteiger partial charge in [0.05, 0.1) is 6.54 Å². The Bertz CT molecular complexity index is 1010. The van der Waals surface area contributed by atoms with Crippen LogP contribution in [0.3, 0.4) is 0 Å². The molecule has 3 aromatic carbocycles. The molecular formula is C23H22N2O2. The number of benzene rings is 3. The van der Waals surface area contributed by atoms with Gasteiger partial charge >= 0.3 is 0 Å². The first-order valence-corrected chi connectivity index (χ1v) is 9.20. The number of carbonyl (C=O) groups excluding carboxylic acids is 2. The normalized spacial score (nSPS) is 13.3. The first kappa shape index (κ1) is 17.3. The van der Waals surface area contributed by atoms with Crippen molar-refractivity contribution in [3.05, 3.63) is 83.4 Å². The summed E-state index contributed by atoms with van der Waals surface area (Å²) in [5.41, 5.74) is 3.11. The lowest BCUT2D eigenvalue weighted by Crippen LogP contribution is -2.43. The summed E-state index contributed by atoms with van der Waals surface area (Å²) >= 11 is 0. The van der Waals surface area contributed by atoms with E-state index in [-0.39, 0.29) is 18.4 Å². The molecule has 0 N–H and O–H groups in total. The lowest BCUT2D eigenvalue weighted by atomic mass is 10.00. The van der Waals surface area contributed by atoms with E-state index >= 15 is 0 Å². The van der Waals surface area contributed by atoms with Gasteiger partial charge in [0.2, 0.25) is 5.91 Å². The molecule has 27 heavy (non-hydrogen) atoms. The van der Waals surface area contributed by atoms with Crippen LogP contribution in [0.1, 0.15) is 21.5 Å². The van der Waals surface area contributed by atoms with Crippen LogP contribution < -0.4 is 0 Å². The minimum absolute atomic E-state index is 0.0128. The lowest BCUT2D eigenvalue weighted by molar-refractivity contribution is -0.132. The zero-order chi connectivity index (χ0) is 18.8. The topological polar surface area (TPSA) is 40.6 Å². The Morgan fingerprint density at radius 3 is 2.44 bits per heavy atom. The molecule has 0 saturated heterocycles. The summed E-state index contributed by atoms with van der Waals surface area (Å²) in [7, 11) is 1.69. The average Bonchev–Trinajstić information content (AvgIpc) is 2.72. The summed E-state index contributed by atoms with van der Waals surface area (Å²) in [4.78, 5) is 28.8. The van der Waals surface area contributed by atoms with Gasteiger partial charge in [0.15, 0.2) is 0 Å². The van der Waals surface area contributed by atoms with Crippen LogP contribution in [0.25, 0.3) is 10.8 Å². The SMILES string of the molecule is CN(CC(=O)N1CCc2ccccc2C1)C(=O)c1ccc2ccccc2c1. The Balaban J connectivity index is 1.44. The molecule has 0 spiro atoms. The summed E-state index contributed by atoms with van der Waals surface area (Å²) in [5.74, 6) is -0.146. The van der Waals surface area contributed by atoms with Gasteiger partial charge in [-0.25, -0.2) is 0 Å². The number of hydrogen-bond donors (Lipinski definition) is 0. The standard InChI is InChI=1S/C23H22N2O2/c1-24(23(27)20-11-10-17-6-2-4-8-19(17)14-20)16-22(26)25-13-12-18-7-3-5-9-21(18)15-25/h2-11,14H,12-13,15-16H2,1H3. The molecule has 0 fully saturated rings. The fraction of sp³-hybridized carbons (Fsp3) is 0.217. The molecule has 0 radical (unpaired) electrons. The third-order valence-electron chi connectivity index (χ3n) is 5.20. The second kappa shape index (κ2) is 7.23. The van der Waals surface area contributed by atoms with Crippen molar-refractivity contribution in [1.82, 2.24) is 9.80 Å². The molecule has 4 rings (SSSR count). The number of likely N-dealkylation sites (N-methyl/N-ethyl adjacent to an activating group) is 1. The van der Waals surface area contributed by atoms with Crippen molar-refractivity contribution in [1.29, 1.82) is 0 Å². The summed E-state index contributed by atoms with van der Waals surface area (Å²) in [6.45, 7) is 1.41. The van der Waals surface area contributed by atoms with E-state index in [9.17, 15) is 9.59 Å². The smallest absolute Gasteiger partial charge is 0.254 e. The predicted octanol–water partition coefficient (Wildman–Crippen LogP) is 3.50. The molecule has 0 aromatic heterocycles. The molecule has 0 atom stereocenters. The summed E-state index contributed by atoms with van der Waals surface area (Å²) in [6.07, 6.45) is 0.865. The van der Waals surface area contributed by atoms with E-state index in [2.05, 4.69) is 12.1 Å². The van der Waals surface area contributed by atoms with Gasteiger partial charge in [0, 0.05) is 25.7 Å². The summed E-state index contributed by atoms with van der Waals surface area (Å²) in [5, 5.41) is 2.12. The average molecular weight is 358 g/mol. The van der Waals surface area contributed by atoms with Crippen LogP contribution in [0.5, 0.6) is 0 Å². The van der Waals surface area contributed by atoms with Gasteiger partial charge < -0.3 is 9.80 Å². The van der Waals surface area contributed by atoms with Crippen molar-refractivity contribution in [3.8, 4) is 0 Å². The van der Waals surface area contributed by atoms with Gasteiger partial charge in [-0.05, 0) is 40.5 Å². The van der Waals surface area contributed by atoms with Crippen LogP contribution in [0.4, 0.5) is 0 Å². The molecule has 3 aromatic rings. The van der Waals surface area contributed by atoms with E-state index in [0.717, 1.165) is 17.2 Å². The Labute approximate surface area is 159 Å². The number of amides is 2. The Morgan fingerprint density at radius 2 is 1.63 bits per heavy atom. The van der Waals surface area contributed by atoms with Crippen molar-refractivity contribution in [3.63, 3.8) is 0 Å². The summed E-state index contributed by atoms with van der Waals surface area (Å²) in [6, 6.07) is 21.8. The molecule has 136 valence electrons. The molecule has 2 amide bonds. The van der Waals surface area contributed by atoms with Gasteiger partial charge in [-0.1, -0.05) is 54.6 Å². The first-order valence-electron chi connectivity index (χ1n) is 9.20. The quantitative estimate of drug-likeness (QED) is 0.719. The highest BCUT2D eigenvalue weighted by atomic mass is 16.2. The second-order valence-corrected chi connectivity index (χ2v) is 7.06. The van der Waals surface area contributed by atoms with E-state index in [4.69, 9.17) is 0 Å². The zero-order valence-corrected chi connectivity index (χ0v) is 15.4. The van der Waals surface area contributed by atoms with Gasteiger partial charge in [0.1, 0.15) is 0 Å². The van der Waals surface area contributed by atoms with Crippen molar-refractivity contribution < 1.29 is 9.59 Å². The van der Waals surface area contributed by atoms with Crippen molar-refractivity contribution in [2.45, 2.75) is 13.0 Å². The number of fused-ring (bicyclic) bond motifs is 2. The molecule has 4 heteroatoms. The Kier molecular flexibility index (Phi) is 4.63. The molecular weight excluding hydrogens is 336 g/mol. The lowest BCUT2D eigenvalue weighted by Gasteiger charge is -2.30. The van der Waals surface area contributed by atoms with E-state index < -0.39 is 0 Å². The van der Waals surface area contributed by atoms with Crippen molar-refractivity contribution >= 4 is 22.6 Å². The van der Waals surface area contributed by atoms with Crippen LogP contribution >= 0.6 is 0 Å². The predicted molar refractivity (Wildman–Crippen MR) is 106 cm³/mol. The highest BCUT2D eigenvalue weighted by Crippen LogP contribution is 2.19. The highest BCUT2D eigenvalue weighted by Gasteiger charge is 2.23. The minimum atomic E-state index is -0.133. The molecule has 0 aliphatic carbocycles. The van der Waals surface area contributed by atoms with E-state index in [1.54, 1.807) is 7.05 Å². The molecule has 1 heterocycles. The molecule has 1 aliphatic heterocycles. The van der Waals surface area contributed by atoms with Crippen molar-refractivity contribution in [2.75, 3.05) is 20.1 Å². The zero-order valence-electron chi connectivity index (χ0n) is 15.4. The maximum atomic E-state index is 12.8. The Morgan fingerprint density at radius 1 is 0.926 bits per heavy atom. The number of hydrogen-bond acceptors (Lipinski definition) is 2. The van der Waals surface area contributed by atoms with E-state index in [1.165, 1.54) is 16.0 Å². The molecule has 0 saturated carbocycles. The minimum Gasteiger partial charge on any atom is -0.336 e. The molecule has 0 unspecified atom stereocenters. The maximum Gasteiger partial charge on any atom is 0.254 e. The fourth-order valence-electron chi connectivity index (χ4n) is 3.63. The van der Waals surface area contributed by atoms with E-state index in [0.29, 0.717) is 18.7 Å².